The number of halogens is 1. The maximum absolute atomic E-state index is 10.8. The van der Waals surface area contributed by atoms with E-state index in [-0.39, 0.29) is 21.8 Å². The summed E-state index contributed by atoms with van der Waals surface area (Å²) in [6, 6.07) is 5.73. The van der Waals surface area contributed by atoms with Gasteiger partial charge in [-0.3, -0.25) is 14.9 Å². The van der Waals surface area contributed by atoms with E-state index in [1.54, 1.807) is 6.07 Å². The molecule has 0 unspecified atom stereocenters. The van der Waals surface area contributed by atoms with Crippen molar-refractivity contribution in [3.63, 3.8) is 0 Å². The highest BCUT2D eigenvalue weighted by Crippen LogP contribution is 2.29. The van der Waals surface area contributed by atoms with Crippen LogP contribution in [-0.4, -0.2) is 10.8 Å². The Kier molecular flexibility index (Phi) is 3.80. The zero-order valence-corrected chi connectivity index (χ0v) is 9.14. The first-order valence-corrected chi connectivity index (χ1v) is 4.69. The number of rotatable bonds is 3. The first-order chi connectivity index (χ1) is 7.97. The fourth-order valence-corrected chi connectivity index (χ4v) is 1.41. The minimum atomic E-state index is -0.957. The summed E-state index contributed by atoms with van der Waals surface area (Å²) < 4.78 is 0. The lowest BCUT2D eigenvalue weighted by Crippen LogP contribution is -2.12. The van der Waals surface area contributed by atoms with Crippen LogP contribution >= 0.6 is 11.6 Å². The van der Waals surface area contributed by atoms with E-state index in [0.29, 0.717) is 0 Å². The monoisotopic (exact) mass is 251 g/mol. The molecule has 0 aliphatic heterocycles. The molecular weight excluding hydrogens is 246 g/mol. The first-order valence-electron chi connectivity index (χ1n) is 4.32. The van der Waals surface area contributed by atoms with Gasteiger partial charge >= 0.3 is 0 Å². The second-order valence-electron chi connectivity index (χ2n) is 2.97. The molecule has 0 atom stereocenters. The Morgan fingerprint density at radius 1 is 1.59 bits per heavy atom. The third-order valence-corrected chi connectivity index (χ3v) is 2.19. The zero-order valence-electron chi connectivity index (χ0n) is 8.38. The largest absolute Gasteiger partial charge is 0.365 e. The van der Waals surface area contributed by atoms with Gasteiger partial charge in [-0.2, -0.15) is 5.26 Å². The van der Waals surface area contributed by atoms with Gasteiger partial charge in [0.05, 0.1) is 10.5 Å². The van der Waals surface area contributed by atoms with Crippen molar-refractivity contribution in [1.82, 2.24) is 0 Å². The molecule has 7 heteroatoms. The van der Waals surface area contributed by atoms with Crippen LogP contribution in [0.25, 0.3) is 6.08 Å². The van der Waals surface area contributed by atoms with Gasteiger partial charge in [-0.1, -0.05) is 17.7 Å². The second kappa shape index (κ2) is 5.09. The van der Waals surface area contributed by atoms with Gasteiger partial charge in [0.1, 0.15) is 16.7 Å². The van der Waals surface area contributed by atoms with E-state index in [2.05, 4.69) is 0 Å². The van der Waals surface area contributed by atoms with Crippen LogP contribution in [0.1, 0.15) is 5.56 Å². The average Bonchev–Trinajstić information content (AvgIpc) is 2.24. The predicted octanol–water partition coefficient (Wildman–Crippen LogP) is 1.64. The van der Waals surface area contributed by atoms with Gasteiger partial charge in [0.2, 0.25) is 0 Å². The van der Waals surface area contributed by atoms with Crippen LogP contribution in [0.4, 0.5) is 5.69 Å². The van der Waals surface area contributed by atoms with Crippen LogP contribution in [-0.2, 0) is 4.79 Å². The lowest BCUT2D eigenvalue weighted by molar-refractivity contribution is -0.384. The second-order valence-corrected chi connectivity index (χ2v) is 3.38. The van der Waals surface area contributed by atoms with Crippen molar-refractivity contribution in [2.24, 2.45) is 5.73 Å². The Balaban J connectivity index is 3.43. The fraction of sp³-hybridized carbons (Fsp3) is 0. The highest BCUT2D eigenvalue weighted by atomic mass is 35.5. The summed E-state index contributed by atoms with van der Waals surface area (Å²) in [4.78, 5) is 20.9. The number of hydrogen-bond acceptors (Lipinski definition) is 4. The number of para-hydroxylation sites is 1. The number of nitro groups is 1. The number of carbonyl (C=O) groups excluding carboxylic acids is 1. The normalized spacial score (nSPS) is 10.7. The summed E-state index contributed by atoms with van der Waals surface area (Å²) in [5.74, 6) is -0.957. The fourth-order valence-electron chi connectivity index (χ4n) is 1.16. The van der Waals surface area contributed by atoms with Gasteiger partial charge in [0.15, 0.2) is 0 Å². The third-order valence-electron chi connectivity index (χ3n) is 1.89. The molecule has 0 aliphatic carbocycles. The van der Waals surface area contributed by atoms with E-state index < -0.39 is 10.8 Å². The molecule has 1 rings (SSSR count). The molecule has 0 aromatic heterocycles. The Labute approximate surface area is 101 Å². The van der Waals surface area contributed by atoms with Gasteiger partial charge in [-0.25, -0.2) is 0 Å². The molecule has 0 fully saturated rings. The number of nitrogens with two attached hydrogens (primary N) is 1. The van der Waals surface area contributed by atoms with E-state index in [1.165, 1.54) is 18.2 Å². The molecule has 0 radical (unpaired) electrons. The molecule has 1 aromatic rings. The van der Waals surface area contributed by atoms with Gasteiger partial charge in [-0.05, 0) is 18.2 Å². The molecule has 0 heterocycles. The topological polar surface area (TPSA) is 110 Å². The van der Waals surface area contributed by atoms with Gasteiger partial charge in [-0.15, -0.1) is 0 Å². The van der Waals surface area contributed by atoms with Crippen molar-refractivity contribution >= 4 is 29.3 Å². The zero-order chi connectivity index (χ0) is 13.0. The lowest BCUT2D eigenvalue weighted by atomic mass is 10.1. The van der Waals surface area contributed by atoms with Gasteiger partial charge in [0, 0.05) is 0 Å². The molecule has 86 valence electrons. The standard InChI is InChI=1S/C10H6ClN3O3/c11-8-3-1-2-6(9(8)14(16)17)4-7(5-12)10(13)15/h1-4H,(H2,13,15). The number of carbonyl (C=O) groups is 1. The van der Waals surface area contributed by atoms with Gasteiger partial charge in [0.25, 0.3) is 11.6 Å². The van der Waals surface area contributed by atoms with Crippen molar-refractivity contribution < 1.29 is 9.72 Å². The number of nitriles is 1. The van der Waals surface area contributed by atoms with Crippen molar-refractivity contribution in [2.75, 3.05) is 0 Å². The van der Waals surface area contributed by atoms with Crippen molar-refractivity contribution in [3.05, 3.63) is 44.5 Å². The van der Waals surface area contributed by atoms with Crippen molar-refractivity contribution in [2.45, 2.75) is 0 Å². The molecule has 0 spiro atoms. The highest BCUT2D eigenvalue weighted by Gasteiger charge is 2.18. The van der Waals surface area contributed by atoms with Crippen LogP contribution in [0.15, 0.2) is 23.8 Å². The summed E-state index contributed by atoms with van der Waals surface area (Å²) in [6.07, 6.45) is 1.03. The molecule has 17 heavy (non-hydrogen) atoms. The van der Waals surface area contributed by atoms with Crippen LogP contribution in [0, 0.1) is 21.4 Å². The minimum absolute atomic E-state index is 0.0536. The quantitative estimate of drug-likeness (QED) is 0.381. The summed E-state index contributed by atoms with van der Waals surface area (Å²) in [5.41, 5.74) is 4.23. The summed E-state index contributed by atoms with van der Waals surface area (Å²) in [6.45, 7) is 0. The number of amides is 1. The van der Waals surface area contributed by atoms with E-state index in [1.807, 2.05) is 0 Å². The van der Waals surface area contributed by atoms with Crippen LogP contribution in [0.2, 0.25) is 5.02 Å². The number of nitro benzene ring substituents is 1. The van der Waals surface area contributed by atoms with Crippen LogP contribution in [0.3, 0.4) is 0 Å². The minimum Gasteiger partial charge on any atom is -0.365 e. The molecule has 1 aromatic carbocycles. The Bertz CT molecular complexity index is 560. The number of primary amides is 1. The third kappa shape index (κ3) is 2.80. The lowest BCUT2D eigenvalue weighted by Gasteiger charge is -1.99. The highest BCUT2D eigenvalue weighted by molar-refractivity contribution is 6.33. The molecular formula is C10H6ClN3O3. The average molecular weight is 252 g/mol. The number of nitrogens with zero attached hydrogens (tertiary/aromatic N) is 2. The Morgan fingerprint density at radius 3 is 2.71 bits per heavy atom. The molecule has 2 N–H and O–H groups in total. The smallest absolute Gasteiger partial charge is 0.295 e. The van der Waals surface area contributed by atoms with Crippen molar-refractivity contribution in [1.29, 1.82) is 5.26 Å². The SMILES string of the molecule is N#CC(=Cc1cccc(Cl)c1[N+](=O)[O-])C(N)=O. The summed E-state index contributed by atoms with van der Waals surface area (Å²) in [5, 5.41) is 19.3. The maximum Gasteiger partial charge on any atom is 0.295 e. The molecule has 0 saturated carbocycles. The summed E-state index contributed by atoms with van der Waals surface area (Å²) in [7, 11) is 0. The van der Waals surface area contributed by atoms with Crippen LogP contribution in [0.5, 0.6) is 0 Å². The molecule has 6 nitrogen and oxygen atoms in total. The van der Waals surface area contributed by atoms with E-state index >= 15 is 0 Å². The van der Waals surface area contributed by atoms with Gasteiger partial charge < -0.3 is 5.73 Å². The predicted molar refractivity (Wildman–Crippen MR) is 60.9 cm³/mol. The Morgan fingerprint density at radius 2 is 2.24 bits per heavy atom. The maximum atomic E-state index is 10.8. The first kappa shape index (κ1) is 12.7. The Hall–Kier alpha value is -2.39. The number of hydrogen-bond donors (Lipinski definition) is 1. The van der Waals surface area contributed by atoms with Crippen LogP contribution < -0.4 is 5.73 Å². The molecule has 0 saturated heterocycles. The van der Waals surface area contributed by atoms with E-state index in [4.69, 9.17) is 22.6 Å². The summed E-state index contributed by atoms with van der Waals surface area (Å²) >= 11 is 5.66. The van der Waals surface area contributed by atoms with Crippen molar-refractivity contribution in [3.8, 4) is 6.07 Å². The van der Waals surface area contributed by atoms with E-state index in [0.717, 1.165) is 6.08 Å². The van der Waals surface area contributed by atoms with E-state index in [9.17, 15) is 14.9 Å². The molecule has 1 amide bonds. The number of benzene rings is 1. The molecule has 0 bridgehead atoms. The molecule has 0 aliphatic rings.